The van der Waals surface area contributed by atoms with Crippen LogP contribution in [0.2, 0.25) is 0 Å². The summed E-state index contributed by atoms with van der Waals surface area (Å²) < 4.78 is 0. The maximum atomic E-state index is 8.75. The van der Waals surface area contributed by atoms with Crippen molar-refractivity contribution in [2.24, 2.45) is 0 Å². The lowest BCUT2D eigenvalue weighted by atomic mass is 10.1. The van der Waals surface area contributed by atoms with E-state index < -0.39 is 6.29 Å². The van der Waals surface area contributed by atoms with Gasteiger partial charge >= 0.3 is 0 Å². The van der Waals surface area contributed by atoms with Crippen LogP contribution in [0.3, 0.4) is 0 Å². The molecular weight excluding hydrogens is 128 g/mol. The van der Waals surface area contributed by atoms with Crippen LogP contribution in [0.15, 0.2) is 22.8 Å². The average Bonchev–Trinajstić information content (AvgIpc) is 2.13. The first-order valence-electron chi connectivity index (χ1n) is 3.34. The zero-order chi connectivity index (χ0) is 7.72. The van der Waals surface area contributed by atoms with Crippen LogP contribution in [0.4, 0.5) is 0 Å². The van der Waals surface area contributed by atoms with Gasteiger partial charge in [-0.3, -0.25) is 0 Å². The zero-order valence-electron chi connectivity index (χ0n) is 6.26. The molecule has 0 aromatic rings. The van der Waals surface area contributed by atoms with Gasteiger partial charge in [0.1, 0.15) is 0 Å². The molecule has 0 saturated carbocycles. The molecule has 2 N–H and O–H groups in total. The third-order valence-electron chi connectivity index (χ3n) is 1.88. The molecule has 0 amide bonds. The van der Waals surface area contributed by atoms with Crippen LogP contribution in [0.5, 0.6) is 0 Å². The Morgan fingerprint density at radius 2 is 2.00 bits per heavy atom. The van der Waals surface area contributed by atoms with Crippen molar-refractivity contribution >= 4 is 0 Å². The fourth-order valence-corrected chi connectivity index (χ4v) is 1.06. The molecule has 0 aromatic carbocycles. The SMILES string of the molecule is CC1=C(C)CC(C(O)O)=C1. The predicted octanol–water partition coefficient (Wildman–Crippen LogP) is 0.964. The molecule has 0 unspecified atom stereocenters. The normalized spacial score (nSPS) is 18.7. The molecule has 2 nitrogen and oxygen atoms in total. The van der Waals surface area contributed by atoms with E-state index in [2.05, 4.69) is 0 Å². The third kappa shape index (κ3) is 1.28. The van der Waals surface area contributed by atoms with Gasteiger partial charge in [0.25, 0.3) is 0 Å². The minimum Gasteiger partial charge on any atom is -0.365 e. The van der Waals surface area contributed by atoms with Gasteiger partial charge in [-0.2, -0.15) is 0 Å². The monoisotopic (exact) mass is 140 g/mol. The van der Waals surface area contributed by atoms with Gasteiger partial charge in [0, 0.05) is 0 Å². The molecule has 0 bridgehead atoms. The number of aliphatic hydroxyl groups excluding tert-OH is 1. The van der Waals surface area contributed by atoms with Crippen LogP contribution in [0.1, 0.15) is 20.3 Å². The van der Waals surface area contributed by atoms with Crippen LogP contribution < -0.4 is 0 Å². The smallest absolute Gasteiger partial charge is 0.174 e. The molecule has 0 spiro atoms. The fourth-order valence-electron chi connectivity index (χ4n) is 1.06. The van der Waals surface area contributed by atoms with Crippen LogP contribution >= 0.6 is 0 Å². The molecule has 0 atom stereocenters. The van der Waals surface area contributed by atoms with Crippen molar-refractivity contribution in [2.45, 2.75) is 26.6 Å². The van der Waals surface area contributed by atoms with Crippen molar-refractivity contribution < 1.29 is 10.2 Å². The molecule has 1 aliphatic rings. The first-order chi connectivity index (χ1) is 4.61. The molecule has 10 heavy (non-hydrogen) atoms. The van der Waals surface area contributed by atoms with Crippen LogP contribution in [0, 0.1) is 0 Å². The van der Waals surface area contributed by atoms with Gasteiger partial charge in [0.15, 0.2) is 6.29 Å². The van der Waals surface area contributed by atoms with Crippen molar-refractivity contribution in [1.29, 1.82) is 0 Å². The Hall–Kier alpha value is -0.600. The van der Waals surface area contributed by atoms with Crippen molar-refractivity contribution in [2.75, 3.05) is 0 Å². The molecule has 1 aliphatic carbocycles. The summed E-state index contributed by atoms with van der Waals surface area (Å²) in [5.41, 5.74) is 3.08. The molecule has 0 saturated heterocycles. The highest BCUT2D eigenvalue weighted by Gasteiger charge is 2.13. The minimum absolute atomic E-state index is 0.704. The molecule has 0 radical (unpaired) electrons. The Morgan fingerprint density at radius 1 is 1.40 bits per heavy atom. The van der Waals surface area contributed by atoms with E-state index in [1.54, 1.807) is 0 Å². The summed E-state index contributed by atoms with van der Waals surface area (Å²) in [6, 6.07) is 0. The van der Waals surface area contributed by atoms with Crippen LogP contribution in [0.25, 0.3) is 0 Å². The largest absolute Gasteiger partial charge is 0.365 e. The number of aliphatic hydroxyl groups is 2. The van der Waals surface area contributed by atoms with E-state index >= 15 is 0 Å². The zero-order valence-corrected chi connectivity index (χ0v) is 6.26. The Bertz CT molecular complexity index is 199. The van der Waals surface area contributed by atoms with Gasteiger partial charge in [-0.1, -0.05) is 17.2 Å². The lowest BCUT2D eigenvalue weighted by Crippen LogP contribution is -2.06. The maximum Gasteiger partial charge on any atom is 0.174 e. The quantitative estimate of drug-likeness (QED) is 0.533. The third-order valence-corrected chi connectivity index (χ3v) is 1.88. The molecular formula is C8H12O2. The molecule has 0 aromatic heterocycles. The van der Waals surface area contributed by atoms with E-state index in [0.717, 1.165) is 5.57 Å². The lowest BCUT2D eigenvalue weighted by molar-refractivity contribution is -0.00899. The number of hydrogen-bond donors (Lipinski definition) is 2. The summed E-state index contributed by atoms with van der Waals surface area (Å²) in [6.45, 7) is 3.98. The summed E-state index contributed by atoms with van der Waals surface area (Å²) in [5, 5.41) is 17.5. The molecule has 2 heteroatoms. The van der Waals surface area contributed by atoms with E-state index in [0.29, 0.717) is 12.0 Å². The molecule has 56 valence electrons. The Balaban J connectivity index is 2.70. The summed E-state index contributed by atoms with van der Waals surface area (Å²) in [4.78, 5) is 0. The van der Waals surface area contributed by atoms with E-state index in [1.807, 2.05) is 19.9 Å². The van der Waals surface area contributed by atoms with Crippen molar-refractivity contribution in [3.8, 4) is 0 Å². The summed E-state index contributed by atoms with van der Waals surface area (Å²) in [6.07, 6.45) is 1.27. The highest BCUT2D eigenvalue weighted by atomic mass is 16.5. The molecule has 1 rings (SSSR count). The predicted molar refractivity (Wildman–Crippen MR) is 39.3 cm³/mol. The molecule has 0 fully saturated rings. The topological polar surface area (TPSA) is 40.5 Å². The number of rotatable bonds is 1. The van der Waals surface area contributed by atoms with E-state index in [4.69, 9.17) is 10.2 Å². The Morgan fingerprint density at radius 3 is 2.20 bits per heavy atom. The average molecular weight is 140 g/mol. The summed E-state index contributed by atoms with van der Waals surface area (Å²) in [7, 11) is 0. The highest BCUT2D eigenvalue weighted by molar-refractivity contribution is 5.37. The minimum atomic E-state index is -1.27. The van der Waals surface area contributed by atoms with Gasteiger partial charge < -0.3 is 10.2 Å². The Kier molecular flexibility index (Phi) is 1.92. The van der Waals surface area contributed by atoms with Gasteiger partial charge in [-0.05, 0) is 25.8 Å². The second-order valence-electron chi connectivity index (χ2n) is 2.73. The molecule has 0 aliphatic heterocycles. The van der Waals surface area contributed by atoms with Gasteiger partial charge in [0.05, 0.1) is 0 Å². The standard InChI is InChI=1S/C8H12O2/c1-5-3-7(8(9)10)4-6(5)2/h3,8-10H,4H2,1-2H3. The maximum absolute atomic E-state index is 8.75. The first-order valence-corrected chi connectivity index (χ1v) is 3.34. The van der Waals surface area contributed by atoms with Gasteiger partial charge in [-0.15, -0.1) is 0 Å². The Labute approximate surface area is 60.5 Å². The second kappa shape index (κ2) is 2.56. The van der Waals surface area contributed by atoms with E-state index in [9.17, 15) is 0 Å². The fraction of sp³-hybridized carbons (Fsp3) is 0.500. The molecule has 0 heterocycles. The second-order valence-corrected chi connectivity index (χ2v) is 2.73. The van der Waals surface area contributed by atoms with Crippen molar-refractivity contribution in [3.63, 3.8) is 0 Å². The van der Waals surface area contributed by atoms with Crippen molar-refractivity contribution in [3.05, 3.63) is 22.8 Å². The number of allylic oxidation sites excluding steroid dienone is 3. The van der Waals surface area contributed by atoms with Gasteiger partial charge in [-0.25, -0.2) is 0 Å². The van der Waals surface area contributed by atoms with Gasteiger partial charge in [0.2, 0.25) is 0 Å². The summed E-state index contributed by atoms with van der Waals surface area (Å²) >= 11 is 0. The first kappa shape index (κ1) is 7.51. The lowest BCUT2D eigenvalue weighted by Gasteiger charge is -2.02. The van der Waals surface area contributed by atoms with E-state index in [1.165, 1.54) is 5.57 Å². The van der Waals surface area contributed by atoms with E-state index in [-0.39, 0.29) is 0 Å². The number of hydrogen-bond acceptors (Lipinski definition) is 2. The highest BCUT2D eigenvalue weighted by Crippen LogP contribution is 2.25. The van der Waals surface area contributed by atoms with Crippen LogP contribution in [-0.4, -0.2) is 16.5 Å². The summed E-state index contributed by atoms with van der Waals surface area (Å²) in [5.74, 6) is 0. The van der Waals surface area contributed by atoms with Crippen molar-refractivity contribution in [1.82, 2.24) is 0 Å². The van der Waals surface area contributed by atoms with Crippen LogP contribution in [-0.2, 0) is 0 Å².